The average molecular weight is 265 g/mol. The first-order valence-corrected chi connectivity index (χ1v) is 6.40. The molecule has 0 aliphatic heterocycles. The molecule has 112 valence electrons. The van der Waals surface area contributed by atoms with Gasteiger partial charge in [-0.1, -0.05) is 41.5 Å². The molecule has 0 spiro atoms. The third-order valence-corrected chi connectivity index (χ3v) is 1.56. The molecule has 1 unspecified atom stereocenters. The van der Waals surface area contributed by atoms with Gasteiger partial charge in [0.1, 0.15) is 0 Å². The van der Waals surface area contributed by atoms with Gasteiger partial charge in [-0.15, -0.1) is 0 Å². The van der Waals surface area contributed by atoms with E-state index >= 15 is 0 Å². The summed E-state index contributed by atoms with van der Waals surface area (Å²) in [5.74, 6) is 0. The molecule has 1 atom stereocenters. The van der Waals surface area contributed by atoms with Crippen LogP contribution in [-0.4, -0.2) is 21.4 Å². The Morgan fingerprint density at radius 3 is 1.22 bits per heavy atom. The van der Waals surface area contributed by atoms with Gasteiger partial charge in [-0.3, -0.25) is 0 Å². The Kier molecular flexibility index (Phi) is 4.16. The molecular weight excluding hydrogens is 224 g/mol. The highest BCUT2D eigenvalue weighted by atomic mass is 16.3. The van der Waals surface area contributed by atoms with E-state index in [-0.39, 0.29) is 11.8 Å². The fourth-order valence-corrected chi connectivity index (χ4v) is 1.95. The standard InChI is InChI=1S/2C8H18O/c2*1-7(2,3)6-8(4,5)9/h2*9H,6H2,1-5H3/i6D2;4D3. The zero-order valence-corrected chi connectivity index (χ0v) is 13.6. The third-order valence-electron chi connectivity index (χ3n) is 1.56. The molecule has 0 aromatic heterocycles. The van der Waals surface area contributed by atoms with Gasteiger partial charge in [0.05, 0.1) is 11.2 Å². The van der Waals surface area contributed by atoms with E-state index in [9.17, 15) is 10.2 Å². The van der Waals surface area contributed by atoms with Gasteiger partial charge in [0.25, 0.3) is 0 Å². The number of hydrogen-bond donors (Lipinski definition) is 2. The van der Waals surface area contributed by atoms with Gasteiger partial charge in [-0.2, -0.15) is 0 Å². The van der Waals surface area contributed by atoms with Crippen molar-refractivity contribution in [2.24, 2.45) is 10.8 Å². The highest BCUT2D eigenvalue weighted by Gasteiger charge is 2.22. The first kappa shape index (κ1) is 11.7. The molecule has 0 amide bonds. The fraction of sp³-hybridized carbons (Fsp3) is 1.00. The first-order chi connectivity index (χ1) is 9.46. The maximum Gasteiger partial charge on any atom is 0.0596 e. The van der Waals surface area contributed by atoms with Gasteiger partial charge >= 0.3 is 0 Å². The lowest BCUT2D eigenvalue weighted by Gasteiger charge is -2.27. The molecule has 0 aliphatic rings. The molecule has 0 rings (SSSR count). The monoisotopic (exact) mass is 265 g/mol. The Hall–Kier alpha value is -0.0800. The molecule has 0 heterocycles. The summed E-state index contributed by atoms with van der Waals surface area (Å²) in [6.45, 7) is 13.1. The van der Waals surface area contributed by atoms with Crippen molar-refractivity contribution >= 4 is 0 Å². The summed E-state index contributed by atoms with van der Waals surface area (Å²) in [5, 5.41) is 19.1. The molecule has 0 fully saturated rings. The van der Waals surface area contributed by atoms with E-state index in [0.717, 1.165) is 0 Å². The number of rotatable bonds is 2. The van der Waals surface area contributed by atoms with Gasteiger partial charge in [0, 0.05) is 6.85 Å². The molecule has 18 heavy (non-hydrogen) atoms. The Morgan fingerprint density at radius 1 is 0.778 bits per heavy atom. The van der Waals surface area contributed by atoms with Crippen LogP contribution >= 0.6 is 0 Å². The molecule has 0 saturated heterocycles. The summed E-state index contributed by atoms with van der Waals surface area (Å²) >= 11 is 0. The Bertz CT molecular complexity index is 350. The van der Waals surface area contributed by atoms with E-state index in [1.807, 2.05) is 20.8 Å². The lowest BCUT2D eigenvalue weighted by Crippen LogP contribution is -2.26. The van der Waals surface area contributed by atoms with Crippen LogP contribution in [0.3, 0.4) is 0 Å². The van der Waals surface area contributed by atoms with Crippen LogP contribution in [0.5, 0.6) is 0 Å². The van der Waals surface area contributed by atoms with E-state index in [1.165, 1.54) is 20.8 Å². The van der Waals surface area contributed by atoms with E-state index in [1.54, 1.807) is 20.8 Å². The summed E-state index contributed by atoms with van der Waals surface area (Å²) in [7, 11) is 0. The van der Waals surface area contributed by atoms with Crippen molar-refractivity contribution in [2.75, 3.05) is 0 Å². The van der Waals surface area contributed by atoms with Crippen molar-refractivity contribution in [1.82, 2.24) is 0 Å². The third kappa shape index (κ3) is 24.9. The quantitative estimate of drug-likeness (QED) is 0.777. The second-order valence-corrected chi connectivity index (χ2v) is 7.95. The first-order valence-electron chi connectivity index (χ1n) is 8.90. The summed E-state index contributed by atoms with van der Waals surface area (Å²) in [6, 6.07) is 0. The molecule has 0 radical (unpaired) electrons. The Balaban J connectivity index is 0. The van der Waals surface area contributed by atoms with E-state index in [2.05, 4.69) is 0 Å². The van der Waals surface area contributed by atoms with E-state index in [4.69, 9.17) is 6.85 Å². The highest BCUT2D eigenvalue weighted by Crippen LogP contribution is 2.26. The predicted octanol–water partition coefficient (Wildman–Crippen LogP) is 4.39. The molecule has 0 aliphatic carbocycles. The van der Waals surface area contributed by atoms with Crippen LogP contribution in [0.25, 0.3) is 0 Å². The van der Waals surface area contributed by atoms with Gasteiger partial charge in [-0.25, -0.2) is 0 Å². The molecule has 2 N–H and O–H groups in total. The fourth-order valence-electron chi connectivity index (χ4n) is 1.95. The Labute approximate surface area is 122 Å². The van der Waals surface area contributed by atoms with Crippen molar-refractivity contribution in [1.29, 1.82) is 0 Å². The van der Waals surface area contributed by atoms with E-state index < -0.39 is 29.8 Å². The summed E-state index contributed by atoms with van der Waals surface area (Å²) in [6.07, 6.45) is -1.30. The molecule has 2 nitrogen and oxygen atoms in total. The smallest absolute Gasteiger partial charge is 0.0596 e. The zero-order valence-electron chi connectivity index (χ0n) is 18.6. The van der Waals surface area contributed by atoms with Gasteiger partial charge in [0.15, 0.2) is 0 Å². The second kappa shape index (κ2) is 6.38. The van der Waals surface area contributed by atoms with Crippen molar-refractivity contribution in [2.45, 2.75) is 93.2 Å². The lowest BCUT2D eigenvalue weighted by atomic mass is 9.84. The molecule has 2 heteroatoms. The van der Waals surface area contributed by atoms with Crippen LogP contribution in [0.15, 0.2) is 0 Å². The maximum absolute atomic E-state index is 9.62. The predicted molar refractivity (Wildman–Crippen MR) is 80.7 cm³/mol. The van der Waals surface area contributed by atoms with Gasteiger partial charge < -0.3 is 10.2 Å². The number of hydrogen-bond acceptors (Lipinski definition) is 2. The maximum atomic E-state index is 9.62. The minimum atomic E-state index is -2.29. The largest absolute Gasteiger partial charge is 0.390 e. The summed E-state index contributed by atoms with van der Waals surface area (Å²) < 4.78 is 36.6. The van der Waals surface area contributed by atoms with Crippen molar-refractivity contribution in [3.8, 4) is 0 Å². The van der Waals surface area contributed by atoms with Crippen LogP contribution in [0, 0.1) is 10.8 Å². The average Bonchev–Trinajstić information content (AvgIpc) is 2.08. The van der Waals surface area contributed by atoms with Crippen molar-refractivity contribution in [3.63, 3.8) is 0 Å². The van der Waals surface area contributed by atoms with Crippen molar-refractivity contribution < 1.29 is 17.1 Å². The molecule has 0 saturated carbocycles. The van der Waals surface area contributed by atoms with Crippen molar-refractivity contribution in [3.05, 3.63) is 0 Å². The highest BCUT2D eigenvalue weighted by molar-refractivity contribution is 4.74. The lowest BCUT2D eigenvalue weighted by molar-refractivity contribution is 0.0362. The second-order valence-electron chi connectivity index (χ2n) is 7.95. The van der Waals surface area contributed by atoms with Gasteiger partial charge in [-0.05, 0) is 51.2 Å². The Morgan fingerprint density at radius 2 is 1.17 bits per heavy atom. The van der Waals surface area contributed by atoms with Gasteiger partial charge in [0.2, 0.25) is 0 Å². The SMILES string of the molecule is [2H]C([2H])(C(C)(C)C)C(C)(C)O.[2H]C([2H])([2H])C(C)(O)CC(C)(C)C. The van der Waals surface area contributed by atoms with Crippen LogP contribution in [0.1, 0.15) is 88.8 Å². The summed E-state index contributed by atoms with van der Waals surface area (Å²) in [5.41, 5.74) is -3.57. The van der Waals surface area contributed by atoms with Crippen LogP contribution in [0.2, 0.25) is 0 Å². The minimum absolute atomic E-state index is 0.169. The topological polar surface area (TPSA) is 40.5 Å². The molecule has 0 aromatic carbocycles. The minimum Gasteiger partial charge on any atom is -0.390 e. The van der Waals surface area contributed by atoms with E-state index in [0.29, 0.717) is 0 Å². The normalized spacial score (nSPS) is 22.3. The zero-order chi connectivity index (χ0) is 19.7. The number of aliphatic hydroxyl groups is 2. The van der Waals surface area contributed by atoms with Crippen LogP contribution in [0.4, 0.5) is 0 Å². The summed E-state index contributed by atoms with van der Waals surface area (Å²) in [4.78, 5) is 0. The molecule has 0 aromatic rings. The van der Waals surface area contributed by atoms with Crippen LogP contribution < -0.4 is 0 Å². The molecule has 0 bridgehead atoms. The molecular formula is C16H36O2. The van der Waals surface area contributed by atoms with Crippen LogP contribution in [-0.2, 0) is 0 Å².